The molecular weight excluding hydrogens is 290 g/mol. The minimum Gasteiger partial charge on any atom is -0.482 e. The zero-order valence-corrected chi connectivity index (χ0v) is 12.1. The molecule has 2 rings (SSSR count). The number of benzene rings is 2. The molecule has 2 aromatic carbocycles. The molecule has 0 saturated heterocycles. The summed E-state index contributed by atoms with van der Waals surface area (Å²) in [5.74, 6) is 0.132. The summed E-state index contributed by atoms with van der Waals surface area (Å²) in [4.78, 5) is 11.9. The van der Waals surface area contributed by atoms with Crippen molar-refractivity contribution >= 4 is 17.5 Å². The average Bonchev–Trinajstić information content (AvgIpc) is 2.52. The monoisotopic (exact) mass is 305 g/mol. The number of hydrogen-bond acceptors (Lipinski definition) is 3. The first-order chi connectivity index (χ1) is 10.2. The molecule has 0 heterocycles. The van der Waals surface area contributed by atoms with Gasteiger partial charge in [-0.05, 0) is 17.7 Å². The van der Waals surface area contributed by atoms with Crippen molar-refractivity contribution in [3.63, 3.8) is 0 Å². The highest BCUT2D eigenvalue weighted by Gasteiger charge is 2.14. The molecule has 0 aliphatic carbocycles. The maximum Gasteiger partial charge on any atom is 0.258 e. The Morgan fingerprint density at radius 2 is 1.81 bits per heavy atom. The maximum absolute atomic E-state index is 11.9. The number of aliphatic hydroxyl groups excluding tert-OH is 1. The normalized spacial score (nSPS) is 11.7. The van der Waals surface area contributed by atoms with E-state index in [1.54, 1.807) is 24.3 Å². The number of aliphatic hydroxyl groups is 1. The van der Waals surface area contributed by atoms with Gasteiger partial charge in [0.05, 0.1) is 17.7 Å². The van der Waals surface area contributed by atoms with Crippen molar-refractivity contribution in [3.8, 4) is 5.75 Å². The molecule has 0 aliphatic heterocycles. The molecule has 0 spiro atoms. The van der Waals surface area contributed by atoms with Crippen LogP contribution in [0.3, 0.4) is 0 Å². The van der Waals surface area contributed by atoms with E-state index in [4.69, 9.17) is 16.3 Å². The lowest BCUT2D eigenvalue weighted by Crippen LogP contribution is -2.34. The number of nitrogens with one attached hydrogen (secondary N) is 1. The Morgan fingerprint density at radius 3 is 2.48 bits per heavy atom. The van der Waals surface area contributed by atoms with Gasteiger partial charge in [0, 0.05) is 0 Å². The van der Waals surface area contributed by atoms with E-state index in [0.29, 0.717) is 10.8 Å². The highest BCUT2D eigenvalue weighted by Crippen LogP contribution is 2.22. The van der Waals surface area contributed by atoms with Crippen LogP contribution in [0.25, 0.3) is 0 Å². The smallest absolute Gasteiger partial charge is 0.258 e. The quantitative estimate of drug-likeness (QED) is 0.862. The standard InChI is InChI=1S/C16H16ClNO3/c17-13-8-4-5-9-15(13)21-11-16(20)18-14(10-19)12-6-2-1-3-7-12/h1-9,14,19H,10-11H2,(H,18,20)/t14-/m1/s1. The molecule has 21 heavy (non-hydrogen) atoms. The molecule has 1 atom stereocenters. The number of para-hydroxylation sites is 1. The number of hydrogen-bond donors (Lipinski definition) is 2. The topological polar surface area (TPSA) is 58.6 Å². The first kappa shape index (κ1) is 15.4. The summed E-state index contributed by atoms with van der Waals surface area (Å²) in [6.45, 7) is -0.338. The summed E-state index contributed by atoms with van der Waals surface area (Å²) >= 11 is 5.94. The lowest BCUT2D eigenvalue weighted by Gasteiger charge is -2.17. The van der Waals surface area contributed by atoms with Gasteiger partial charge in [0.25, 0.3) is 5.91 Å². The minimum absolute atomic E-state index is 0.160. The van der Waals surface area contributed by atoms with Crippen LogP contribution in [-0.4, -0.2) is 24.2 Å². The Labute approximate surface area is 128 Å². The van der Waals surface area contributed by atoms with Crippen molar-refractivity contribution in [3.05, 3.63) is 65.2 Å². The number of carbonyl (C=O) groups excluding carboxylic acids is 1. The van der Waals surface area contributed by atoms with Crippen molar-refractivity contribution in [2.45, 2.75) is 6.04 Å². The summed E-state index contributed by atoms with van der Waals surface area (Å²) in [7, 11) is 0. The summed E-state index contributed by atoms with van der Waals surface area (Å²) in [6.07, 6.45) is 0. The highest BCUT2D eigenvalue weighted by atomic mass is 35.5. The summed E-state index contributed by atoms with van der Waals surface area (Å²) < 4.78 is 5.35. The van der Waals surface area contributed by atoms with Gasteiger partial charge in [0.15, 0.2) is 6.61 Å². The molecule has 0 radical (unpaired) electrons. The fourth-order valence-corrected chi connectivity index (χ4v) is 2.05. The number of halogens is 1. The van der Waals surface area contributed by atoms with Crippen molar-refractivity contribution in [1.29, 1.82) is 0 Å². The van der Waals surface area contributed by atoms with Crippen molar-refractivity contribution in [1.82, 2.24) is 5.32 Å². The lowest BCUT2D eigenvalue weighted by molar-refractivity contribution is -0.124. The molecule has 1 amide bonds. The third kappa shape index (κ3) is 4.48. The van der Waals surface area contributed by atoms with Crippen LogP contribution in [-0.2, 0) is 4.79 Å². The third-order valence-electron chi connectivity index (χ3n) is 2.92. The van der Waals surface area contributed by atoms with Gasteiger partial charge in [-0.15, -0.1) is 0 Å². The molecule has 0 saturated carbocycles. The van der Waals surface area contributed by atoms with Gasteiger partial charge in [-0.1, -0.05) is 54.1 Å². The van der Waals surface area contributed by atoms with E-state index in [-0.39, 0.29) is 19.1 Å². The summed E-state index contributed by atoms with van der Waals surface area (Å²) in [5, 5.41) is 12.5. The number of rotatable bonds is 6. The SMILES string of the molecule is O=C(COc1ccccc1Cl)N[C@H](CO)c1ccccc1. The number of ether oxygens (including phenoxy) is 1. The second-order valence-corrected chi connectivity index (χ2v) is 4.84. The minimum atomic E-state index is -0.450. The Hall–Kier alpha value is -2.04. The largest absolute Gasteiger partial charge is 0.482 e. The fourth-order valence-electron chi connectivity index (χ4n) is 1.86. The van der Waals surface area contributed by atoms with E-state index >= 15 is 0 Å². The Balaban J connectivity index is 1.90. The van der Waals surface area contributed by atoms with Gasteiger partial charge in [-0.3, -0.25) is 4.79 Å². The van der Waals surface area contributed by atoms with E-state index in [2.05, 4.69) is 5.32 Å². The summed E-state index contributed by atoms with van der Waals surface area (Å²) in [5.41, 5.74) is 0.839. The molecule has 0 aromatic heterocycles. The lowest BCUT2D eigenvalue weighted by atomic mass is 10.1. The zero-order chi connectivity index (χ0) is 15.1. The molecule has 2 aromatic rings. The Kier molecular flexibility index (Phi) is 5.60. The first-order valence-corrected chi connectivity index (χ1v) is 6.91. The van der Waals surface area contributed by atoms with E-state index in [0.717, 1.165) is 5.56 Å². The van der Waals surface area contributed by atoms with E-state index in [1.807, 2.05) is 30.3 Å². The maximum atomic E-state index is 11.9. The molecule has 0 aliphatic rings. The van der Waals surface area contributed by atoms with Gasteiger partial charge in [-0.25, -0.2) is 0 Å². The highest BCUT2D eigenvalue weighted by molar-refractivity contribution is 6.32. The van der Waals surface area contributed by atoms with Crippen LogP contribution >= 0.6 is 11.6 Å². The number of amides is 1. The predicted molar refractivity (Wildman–Crippen MR) is 81.4 cm³/mol. The molecule has 110 valence electrons. The summed E-state index contributed by atoms with van der Waals surface area (Å²) in [6, 6.07) is 15.8. The predicted octanol–water partition coefficient (Wildman–Crippen LogP) is 2.57. The van der Waals surface area contributed by atoms with Crippen LogP contribution in [0.15, 0.2) is 54.6 Å². The van der Waals surface area contributed by atoms with E-state index in [1.165, 1.54) is 0 Å². The van der Waals surface area contributed by atoms with Gasteiger partial charge in [-0.2, -0.15) is 0 Å². The fraction of sp³-hybridized carbons (Fsp3) is 0.188. The molecule has 2 N–H and O–H groups in total. The van der Waals surface area contributed by atoms with Crippen LogP contribution < -0.4 is 10.1 Å². The van der Waals surface area contributed by atoms with E-state index < -0.39 is 6.04 Å². The van der Waals surface area contributed by atoms with Crippen LogP contribution in [0.1, 0.15) is 11.6 Å². The second-order valence-electron chi connectivity index (χ2n) is 4.43. The Bertz CT molecular complexity index is 589. The van der Waals surface area contributed by atoms with Crippen LogP contribution in [0.2, 0.25) is 5.02 Å². The van der Waals surface area contributed by atoms with Crippen LogP contribution in [0.5, 0.6) is 5.75 Å². The third-order valence-corrected chi connectivity index (χ3v) is 3.23. The van der Waals surface area contributed by atoms with Crippen molar-refractivity contribution in [2.24, 2.45) is 0 Å². The molecule has 4 nitrogen and oxygen atoms in total. The van der Waals surface area contributed by atoms with Gasteiger partial charge in [0.1, 0.15) is 5.75 Å². The second kappa shape index (κ2) is 7.67. The van der Waals surface area contributed by atoms with Gasteiger partial charge in [0.2, 0.25) is 0 Å². The van der Waals surface area contributed by atoms with Crippen molar-refractivity contribution in [2.75, 3.05) is 13.2 Å². The zero-order valence-electron chi connectivity index (χ0n) is 11.3. The average molecular weight is 306 g/mol. The molecule has 0 unspecified atom stereocenters. The Morgan fingerprint density at radius 1 is 1.14 bits per heavy atom. The number of carbonyl (C=O) groups is 1. The van der Waals surface area contributed by atoms with Crippen LogP contribution in [0.4, 0.5) is 0 Å². The molecule has 5 heteroatoms. The first-order valence-electron chi connectivity index (χ1n) is 6.53. The molecule has 0 fully saturated rings. The van der Waals surface area contributed by atoms with E-state index in [9.17, 15) is 9.90 Å². The van der Waals surface area contributed by atoms with Crippen LogP contribution in [0, 0.1) is 0 Å². The van der Waals surface area contributed by atoms with Gasteiger partial charge < -0.3 is 15.2 Å². The van der Waals surface area contributed by atoms with Gasteiger partial charge >= 0.3 is 0 Å². The molecule has 0 bridgehead atoms. The molecular formula is C16H16ClNO3. The van der Waals surface area contributed by atoms with Crippen molar-refractivity contribution < 1.29 is 14.6 Å².